The van der Waals surface area contributed by atoms with Crippen molar-refractivity contribution < 1.29 is 14.3 Å². The molecule has 1 aromatic carbocycles. The van der Waals surface area contributed by atoms with Gasteiger partial charge in [-0.1, -0.05) is 12.1 Å². The molecule has 0 aliphatic carbocycles. The fraction of sp³-hybridized carbons (Fsp3) is 0.476. The summed E-state index contributed by atoms with van der Waals surface area (Å²) in [6.45, 7) is 6.99. The summed E-state index contributed by atoms with van der Waals surface area (Å²) in [5.41, 5.74) is 2.07. The highest BCUT2D eigenvalue weighted by atomic mass is 16.5. The Balaban J connectivity index is 1.66. The summed E-state index contributed by atoms with van der Waals surface area (Å²) in [4.78, 5) is 35.9. The molecule has 0 bridgehead atoms. The van der Waals surface area contributed by atoms with Crippen molar-refractivity contribution in [1.29, 1.82) is 0 Å². The van der Waals surface area contributed by atoms with Crippen LogP contribution in [0.2, 0.25) is 0 Å². The lowest BCUT2D eigenvalue weighted by atomic mass is 10.1. The Morgan fingerprint density at radius 1 is 1.17 bits per heavy atom. The van der Waals surface area contributed by atoms with Crippen LogP contribution in [0, 0.1) is 6.92 Å². The Morgan fingerprint density at radius 2 is 1.86 bits per heavy atom. The summed E-state index contributed by atoms with van der Waals surface area (Å²) < 4.78 is 10.4. The molecule has 0 amide bonds. The average molecular weight is 400 g/mol. The number of carbonyl (C=O) groups is 1. The van der Waals surface area contributed by atoms with Gasteiger partial charge in [-0.05, 0) is 32.4 Å². The van der Waals surface area contributed by atoms with Gasteiger partial charge in [0.25, 0.3) is 5.56 Å². The Labute approximate surface area is 170 Å². The summed E-state index contributed by atoms with van der Waals surface area (Å²) in [5.74, 6) is 1.13. The van der Waals surface area contributed by atoms with E-state index >= 15 is 0 Å². The standard InChI is InChI=1S/C21H28N4O4/c1-4-29-19(26)10-9-16-15(2)22-21(23-20(16)27)25-13-11-24(12-14-25)17-7-5-6-8-18(17)28-3/h5-8H,4,9-14H2,1-3H3,(H,22,23,27). The lowest BCUT2D eigenvalue weighted by molar-refractivity contribution is -0.143. The largest absolute Gasteiger partial charge is 0.495 e. The predicted octanol–water partition coefficient (Wildman–Crippen LogP) is 1.91. The van der Waals surface area contributed by atoms with Crippen molar-refractivity contribution >= 4 is 17.6 Å². The number of hydrogen-bond acceptors (Lipinski definition) is 7. The molecule has 0 atom stereocenters. The van der Waals surface area contributed by atoms with E-state index < -0.39 is 0 Å². The van der Waals surface area contributed by atoms with E-state index in [1.165, 1.54) is 0 Å². The molecule has 1 aliphatic rings. The molecule has 8 nitrogen and oxygen atoms in total. The van der Waals surface area contributed by atoms with Crippen molar-refractivity contribution in [3.05, 3.63) is 45.9 Å². The van der Waals surface area contributed by atoms with E-state index in [0.29, 0.717) is 30.2 Å². The molecule has 1 N–H and O–H groups in total. The zero-order chi connectivity index (χ0) is 20.8. The zero-order valence-corrected chi connectivity index (χ0v) is 17.2. The molecule has 29 heavy (non-hydrogen) atoms. The first kappa shape index (κ1) is 20.7. The number of rotatable bonds is 7. The second-order valence-corrected chi connectivity index (χ2v) is 6.90. The first-order valence-corrected chi connectivity index (χ1v) is 9.91. The highest BCUT2D eigenvalue weighted by Gasteiger charge is 2.22. The van der Waals surface area contributed by atoms with Crippen LogP contribution in [0.25, 0.3) is 0 Å². The molecule has 2 aromatic rings. The third-order valence-corrected chi connectivity index (χ3v) is 5.10. The van der Waals surface area contributed by atoms with E-state index in [9.17, 15) is 9.59 Å². The van der Waals surface area contributed by atoms with Gasteiger partial charge in [0.1, 0.15) is 5.75 Å². The fourth-order valence-electron chi connectivity index (χ4n) is 3.55. The number of para-hydroxylation sites is 2. The first-order valence-electron chi connectivity index (χ1n) is 9.91. The number of carbonyl (C=O) groups excluding carboxylic acids is 1. The summed E-state index contributed by atoms with van der Waals surface area (Å²) in [6.07, 6.45) is 0.505. The second kappa shape index (κ2) is 9.45. The topological polar surface area (TPSA) is 87.8 Å². The number of nitrogens with zero attached hydrogens (tertiary/aromatic N) is 3. The van der Waals surface area contributed by atoms with Crippen molar-refractivity contribution in [2.24, 2.45) is 0 Å². The van der Waals surface area contributed by atoms with Crippen molar-refractivity contribution in [2.45, 2.75) is 26.7 Å². The fourth-order valence-corrected chi connectivity index (χ4v) is 3.55. The van der Waals surface area contributed by atoms with Crippen LogP contribution >= 0.6 is 0 Å². The third kappa shape index (κ3) is 4.88. The number of ether oxygens (including phenoxy) is 2. The number of H-pyrrole nitrogens is 1. The molecule has 0 unspecified atom stereocenters. The lowest BCUT2D eigenvalue weighted by Crippen LogP contribution is -2.47. The molecule has 0 spiro atoms. The average Bonchev–Trinajstić information content (AvgIpc) is 2.73. The Bertz CT molecular complexity index is 904. The quantitative estimate of drug-likeness (QED) is 0.710. The highest BCUT2D eigenvalue weighted by Crippen LogP contribution is 2.28. The van der Waals surface area contributed by atoms with Crippen molar-refractivity contribution in [3.8, 4) is 5.75 Å². The maximum atomic E-state index is 12.5. The summed E-state index contributed by atoms with van der Waals surface area (Å²) in [6, 6.07) is 7.97. The number of anilines is 2. The molecule has 0 saturated carbocycles. The maximum absolute atomic E-state index is 12.5. The van der Waals surface area contributed by atoms with Gasteiger partial charge in [0.05, 0.1) is 19.4 Å². The molecule has 8 heteroatoms. The lowest BCUT2D eigenvalue weighted by Gasteiger charge is -2.36. The number of hydrogen-bond donors (Lipinski definition) is 1. The summed E-state index contributed by atoms with van der Waals surface area (Å²) in [7, 11) is 1.68. The van der Waals surface area contributed by atoms with Gasteiger partial charge in [0.2, 0.25) is 5.95 Å². The van der Waals surface area contributed by atoms with Crippen LogP contribution in [0.5, 0.6) is 5.75 Å². The molecular weight excluding hydrogens is 372 g/mol. The SMILES string of the molecule is CCOC(=O)CCc1c(C)nc(N2CCN(c3ccccc3OC)CC2)[nH]c1=O. The van der Waals surface area contributed by atoms with Gasteiger partial charge in [0.15, 0.2) is 0 Å². The summed E-state index contributed by atoms with van der Waals surface area (Å²) in [5, 5.41) is 0. The number of esters is 1. The third-order valence-electron chi connectivity index (χ3n) is 5.10. The van der Waals surface area contributed by atoms with E-state index in [0.717, 1.165) is 37.6 Å². The molecule has 1 aromatic heterocycles. The van der Waals surface area contributed by atoms with Crippen LogP contribution in [0.15, 0.2) is 29.1 Å². The molecule has 156 valence electrons. The van der Waals surface area contributed by atoms with Crippen molar-refractivity contribution in [1.82, 2.24) is 9.97 Å². The Hall–Kier alpha value is -3.03. The number of nitrogens with one attached hydrogen (secondary N) is 1. The van der Waals surface area contributed by atoms with Crippen LogP contribution in [0.1, 0.15) is 24.6 Å². The maximum Gasteiger partial charge on any atom is 0.306 e. The minimum atomic E-state index is -0.303. The molecule has 0 radical (unpaired) electrons. The molecule has 3 rings (SSSR count). The monoisotopic (exact) mass is 400 g/mol. The van der Waals surface area contributed by atoms with E-state index in [-0.39, 0.29) is 17.9 Å². The number of aromatic nitrogens is 2. The summed E-state index contributed by atoms with van der Waals surface area (Å²) >= 11 is 0. The zero-order valence-electron chi connectivity index (χ0n) is 17.2. The van der Waals surface area contributed by atoms with Crippen LogP contribution in [0.4, 0.5) is 11.6 Å². The van der Waals surface area contributed by atoms with Gasteiger partial charge in [-0.15, -0.1) is 0 Å². The second-order valence-electron chi connectivity index (χ2n) is 6.90. The number of piperazine rings is 1. The molecule has 1 aliphatic heterocycles. The van der Waals surface area contributed by atoms with Gasteiger partial charge < -0.3 is 19.3 Å². The van der Waals surface area contributed by atoms with Gasteiger partial charge in [-0.3, -0.25) is 14.6 Å². The minimum absolute atomic E-state index is 0.177. The normalized spacial score (nSPS) is 14.0. The molecule has 2 heterocycles. The number of aromatic amines is 1. The van der Waals surface area contributed by atoms with Crippen molar-refractivity contribution in [2.75, 3.05) is 49.7 Å². The molecule has 1 fully saturated rings. The van der Waals surface area contributed by atoms with Crippen LogP contribution < -0.4 is 20.1 Å². The number of methoxy groups -OCH3 is 1. The Morgan fingerprint density at radius 3 is 2.52 bits per heavy atom. The number of aryl methyl sites for hydroxylation is 1. The minimum Gasteiger partial charge on any atom is -0.495 e. The van der Waals surface area contributed by atoms with E-state index in [4.69, 9.17) is 9.47 Å². The van der Waals surface area contributed by atoms with Crippen molar-refractivity contribution in [3.63, 3.8) is 0 Å². The van der Waals surface area contributed by atoms with E-state index in [2.05, 4.69) is 25.8 Å². The van der Waals surface area contributed by atoms with Gasteiger partial charge in [-0.25, -0.2) is 4.98 Å². The van der Waals surface area contributed by atoms with E-state index in [1.54, 1.807) is 14.0 Å². The number of benzene rings is 1. The van der Waals surface area contributed by atoms with E-state index in [1.807, 2.05) is 25.1 Å². The highest BCUT2D eigenvalue weighted by molar-refractivity contribution is 5.69. The van der Waals surface area contributed by atoms with Crippen LogP contribution in [0.3, 0.4) is 0 Å². The molecule has 1 saturated heterocycles. The van der Waals surface area contributed by atoms with Gasteiger partial charge in [-0.2, -0.15) is 0 Å². The Kier molecular flexibility index (Phi) is 6.74. The smallest absolute Gasteiger partial charge is 0.306 e. The van der Waals surface area contributed by atoms with Crippen LogP contribution in [-0.2, 0) is 16.0 Å². The first-order chi connectivity index (χ1) is 14.0. The van der Waals surface area contributed by atoms with Gasteiger partial charge in [0, 0.05) is 43.9 Å². The predicted molar refractivity (Wildman–Crippen MR) is 112 cm³/mol. The molecular formula is C21H28N4O4. The van der Waals surface area contributed by atoms with Gasteiger partial charge >= 0.3 is 5.97 Å². The van der Waals surface area contributed by atoms with Crippen LogP contribution in [-0.4, -0.2) is 55.8 Å².